The average molecular weight is 288 g/mol. The number of hydrogen-bond acceptors (Lipinski definition) is 5. The van der Waals surface area contributed by atoms with Gasteiger partial charge in [-0.15, -0.1) is 6.42 Å². The van der Waals surface area contributed by atoms with Crippen LogP contribution in [-0.4, -0.2) is 50.3 Å². The third-order valence-corrected chi connectivity index (χ3v) is 3.15. The van der Waals surface area contributed by atoms with Crippen LogP contribution in [0.15, 0.2) is 18.3 Å². The molecule has 1 saturated heterocycles. The van der Waals surface area contributed by atoms with Crippen molar-refractivity contribution < 1.29 is 9.53 Å². The van der Waals surface area contributed by atoms with Gasteiger partial charge >= 0.3 is 0 Å². The van der Waals surface area contributed by atoms with E-state index in [2.05, 4.69) is 26.4 Å². The number of carbonyl (C=O) groups is 1. The number of amides is 1. The molecule has 1 amide bonds. The molecule has 21 heavy (non-hydrogen) atoms. The van der Waals surface area contributed by atoms with Gasteiger partial charge in [-0.2, -0.15) is 0 Å². The second kappa shape index (κ2) is 8.25. The van der Waals surface area contributed by atoms with Gasteiger partial charge in [0.25, 0.3) is 0 Å². The van der Waals surface area contributed by atoms with Crippen LogP contribution in [0.3, 0.4) is 0 Å². The van der Waals surface area contributed by atoms with Crippen LogP contribution in [0.2, 0.25) is 0 Å². The standard InChI is InChI=1S/C15H20N4O2/c1-2-5-16-12-15(20)18-11-13-3-4-14(17-10-13)19-6-8-21-9-7-19/h1,3-4,10,16H,5-9,11-12H2,(H,18,20). The number of ether oxygens (including phenoxy) is 1. The van der Waals surface area contributed by atoms with Crippen LogP contribution in [0.1, 0.15) is 5.56 Å². The van der Waals surface area contributed by atoms with Gasteiger partial charge in [0.2, 0.25) is 5.91 Å². The Bertz CT molecular complexity index is 489. The molecule has 6 heteroatoms. The van der Waals surface area contributed by atoms with Crippen molar-refractivity contribution in [2.75, 3.05) is 44.3 Å². The summed E-state index contributed by atoms with van der Waals surface area (Å²) in [5, 5.41) is 5.65. The zero-order valence-electron chi connectivity index (χ0n) is 12.0. The van der Waals surface area contributed by atoms with E-state index in [0.29, 0.717) is 13.1 Å². The van der Waals surface area contributed by atoms with E-state index in [1.54, 1.807) is 6.20 Å². The summed E-state index contributed by atoms with van der Waals surface area (Å²) in [5.41, 5.74) is 0.970. The van der Waals surface area contributed by atoms with E-state index >= 15 is 0 Å². The Morgan fingerprint density at radius 3 is 2.90 bits per heavy atom. The van der Waals surface area contributed by atoms with Crippen molar-refractivity contribution in [2.45, 2.75) is 6.54 Å². The molecule has 1 aromatic rings. The topological polar surface area (TPSA) is 66.5 Å². The molecular formula is C15H20N4O2. The van der Waals surface area contributed by atoms with Gasteiger partial charge in [-0.3, -0.25) is 10.1 Å². The van der Waals surface area contributed by atoms with Crippen molar-refractivity contribution in [1.29, 1.82) is 0 Å². The van der Waals surface area contributed by atoms with Crippen molar-refractivity contribution >= 4 is 11.7 Å². The summed E-state index contributed by atoms with van der Waals surface area (Å²) in [6.07, 6.45) is 6.88. The lowest BCUT2D eigenvalue weighted by atomic mass is 10.2. The highest BCUT2D eigenvalue weighted by molar-refractivity contribution is 5.77. The first-order chi connectivity index (χ1) is 10.3. The molecule has 1 aromatic heterocycles. The van der Waals surface area contributed by atoms with Crippen LogP contribution in [0.4, 0.5) is 5.82 Å². The Labute approximate surface area is 124 Å². The summed E-state index contributed by atoms with van der Waals surface area (Å²) >= 11 is 0. The molecule has 0 atom stereocenters. The van der Waals surface area contributed by atoms with E-state index in [4.69, 9.17) is 11.2 Å². The zero-order chi connectivity index (χ0) is 14.9. The molecule has 2 N–H and O–H groups in total. The predicted octanol–water partition coefficient (Wildman–Crippen LogP) is -0.243. The number of pyridine rings is 1. The SMILES string of the molecule is C#CCNCC(=O)NCc1ccc(N2CCOCC2)nc1. The summed E-state index contributed by atoms with van der Waals surface area (Å²) in [5.74, 6) is 3.29. The fourth-order valence-electron chi connectivity index (χ4n) is 2.01. The molecule has 6 nitrogen and oxygen atoms in total. The Balaban J connectivity index is 1.77. The molecule has 112 valence electrons. The number of terminal acetylenes is 1. The molecule has 0 bridgehead atoms. The van der Waals surface area contributed by atoms with Crippen molar-refractivity contribution in [3.05, 3.63) is 23.9 Å². The van der Waals surface area contributed by atoms with Gasteiger partial charge in [-0.1, -0.05) is 12.0 Å². The summed E-state index contributed by atoms with van der Waals surface area (Å²) in [6, 6.07) is 3.95. The van der Waals surface area contributed by atoms with E-state index in [9.17, 15) is 4.79 Å². The minimum atomic E-state index is -0.0810. The molecule has 2 heterocycles. The molecule has 1 aliphatic heterocycles. The van der Waals surface area contributed by atoms with Crippen LogP contribution < -0.4 is 15.5 Å². The molecule has 0 saturated carbocycles. The van der Waals surface area contributed by atoms with Gasteiger partial charge < -0.3 is 15.0 Å². The first-order valence-electron chi connectivity index (χ1n) is 6.98. The number of nitrogens with one attached hydrogen (secondary N) is 2. The Hall–Kier alpha value is -2.10. The lowest BCUT2D eigenvalue weighted by Crippen LogP contribution is -2.36. The molecule has 0 radical (unpaired) electrons. The number of anilines is 1. The summed E-state index contributed by atoms with van der Waals surface area (Å²) in [6.45, 7) is 4.29. The van der Waals surface area contributed by atoms with E-state index in [1.165, 1.54) is 0 Å². The number of carbonyl (C=O) groups excluding carboxylic acids is 1. The maximum atomic E-state index is 11.5. The van der Waals surface area contributed by atoms with Gasteiger partial charge in [0, 0.05) is 25.8 Å². The third kappa shape index (κ3) is 5.06. The van der Waals surface area contributed by atoms with Crippen molar-refractivity contribution in [3.8, 4) is 12.3 Å². The fourth-order valence-corrected chi connectivity index (χ4v) is 2.01. The van der Waals surface area contributed by atoms with Crippen molar-refractivity contribution in [1.82, 2.24) is 15.6 Å². The van der Waals surface area contributed by atoms with Gasteiger partial charge in [0.05, 0.1) is 26.3 Å². The highest BCUT2D eigenvalue weighted by Gasteiger charge is 2.11. The second-order valence-electron chi connectivity index (χ2n) is 4.71. The Morgan fingerprint density at radius 1 is 1.43 bits per heavy atom. The average Bonchev–Trinajstić information content (AvgIpc) is 2.54. The summed E-state index contributed by atoms with van der Waals surface area (Å²) in [7, 11) is 0. The van der Waals surface area contributed by atoms with Crippen LogP contribution >= 0.6 is 0 Å². The molecule has 0 aliphatic carbocycles. The minimum absolute atomic E-state index is 0.0810. The molecule has 1 aliphatic rings. The number of morpholine rings is 1. The summed E-state index contributed by atoms with van der Waals surface area (Å²) in [4.78, 5) is 18.1. The molecule has 0 unspecified atom stereocenters. The number of rotatable bonds is 6. The minimum Gasteiger partial charge on any atom is -0.378 e. The van der Waals surface area contributed by atoms with Crippen LogP contribution in [-0.2, 0) is 16.1 Å². The molecule has 0 aromatic carbocycles. The van der Waals surface area contributed by atoms with Crippen molar-refractivity contribution in [2.24, 2.45) is 0 Å². The molecule has 2 rings (SSSR count). The van der Waals surface area contributed by atoms with E-state index < -0.39 is 0 Å². The highest BCUT2D eigenvalue weighted by atomic mass is 16.5. The highest BCUT2D eigenvalue weighted by Crippen LogP contribution is 2.12. The molecule has 0 spiro atoms. The van der Waals surface area contributed by atoms with Crippen LogP contribution in [0.25, 0.3) is 0 Å². The second-order valence-corrected chi connectivity index (χ2v) is 4.71. The Morgan fingerprint density at radius 2 is 2.24 bits per heavy atom. The van der Waals surface area contributed by atoms with Gasteiger partial charge in [0.15, 0.2) is 0 Å². The van der Waals surface area contributed by atoms with Gasteiger partial charge in [0.1, 0.15) is 5.82 Å². The fraction of sp³-hybridized carbons (Fsp3) is 0.467. The van der Waals surface area contributed by atoms with E-state index in [1.807, 2.05) is 12.1 Å². The maximum Gasteiger partial charge on any atom is 0.234 e. The Kier molecular flexibility index (Phi) is 6.00. The quantitative estimate of drug-likeness (QED) is 0.558. The predicted molar refractivity (Wildman–Crippen MR) is 80.8 cm³/mol. The van der Waals surface area contributed by atoms with E-state index in [-0.39, 0.29) is 12.5 Å². The zero-order valence-corrected chi connectivity index (χ0v) is 12.0. The van der Waals surface area contributed by atoms with Gasteiger partial charge in [-0.05, 0) is 11.6 Å². The summed E-state index contributed by atoms with van der Waals surface area (Å²) < 4.78 is 5.31. The normalized spacial score (nSPS) is 14.5. The number of hydrogen-bond donors (Lipinski definition) is 2. The number of aromatic nitrogens is 1. The monoisotopic (exact) mass is 288 g/mol. The molecule has 1 fully saturated rings. The smallest absolute Gasteiger partial charge is 0.234 e. The first-order valence-corrected chi connectivity index (χ1v) is 6.98. The number of nitrogens with zero attached hydrogens (tertiary/aromatic N) is 2. The van der Waals surface area contributed by atoms with Gasteiger partial charge in [-0.25, -0.2) is 4.98 Å². The lowest BCUT2D eigenvalue weighted by Gasteiger charge is -2.27. The van der Waals surface area contributed by atoms with E-state index in [0.717, 1.165) is 37.7 Å². The van der Waals surface area contributed by atoms with Crippen LogP contribution in [0, 0.1) is 12.3 Å². The first kappa shape index (κ1) is 15.3. The molecular weight excluding hydrogens is 268 g/mol. The third-order valence-electron chi connectivity index (χ3n) is 3.15. The van der Waals surface area contributed by atoms with Crippen molar-refractivity contribution in [3.63, 3.8) is 0 Å². The van der Waals surface area contributed by atoms with Crippen LogP contribution in [0.5, 0.6) is 0 Å². The lowest BCUT2D eigenvalue weighted by molar-refractivity contribution is -0.120. The maximum absolute atomic E-state index is 11.5. The largest absolute Gasteiger partial charge is 0.378 e.